The summed E-state index contributed by atoms with van der Waals surface area (Å²) < 4.78 is 16.3. The summed E-state index contributed by atoms with van der Waals surface area (Å²) in [4.78, 5) is 33.1. The second kappa shape index (κ2) is 9.43. The van der Waals surface area contributed by atoms with Gasteiger partial charge in [0.25, 0.3) is 5.91 Å². The van der Waals surface area contributed by atoms with Crippen molar-refractivity contribution >= 4 is 17.5 Å². The molecule has 0 aliphatic carbocycles. The Morgan fingerprint density at radius 1 is 1.00 bits per heavy atom. The van der Waals surface area contributed by atoms with Crippen LogP contribution in [0.25, 0.3) is 0 Å². The second-order valence-corrected chi connectivity index (χ2v) is 8.11. The van der Waals surface area contributed by atoms with E-state index in [1.165, 1.54) is 14.2 Å². The van der Waals surface area contributed by atoms with Crippen LogP contribution in [0.15, 0.2) is 54.9 Å². The number of aromatic nitrogens is 1. The summed E-state index contributed by atoms with van der Waals surface area (Å²) in [6.45, 7) is 1.94. The minimum Gasteiger partial charge on any atom is -0.495 e. The zero-order valence-corrected chi connectivity index (χ0v) is 19.8. The van der Waals surface area contributed by atoms with E-state index in [-0.39, 0.29) is 11.8 Å². The van der Waals surface area contributed by atoms with Crippen molar-refractivity contribution in [3.05, 3.63) is 77.1 Å². The standard InChI is InChI=1S/C26H27N3O5/c1-15-8-9-20(32-3)19(11-15)28-25(30)23-17-12-21(33-4)22(34-5)13-18(17)26(31)29(2)24(23)16-7-6-10-27-14-16/h6-14,23-24H,1-5H3,(H,28,30)/t23-,24-/m0/s1. The first-order chi connectivity index (χ1) is 16.4. The number of carbonyl (C=O) groups is 2. The van der Waals surface area contributed by atoms with Crippen LogP contribution in [0.2, 0.25) is 0 Å². The van der Waals surface area contributed by atoms with Gasteiger partial charge in [0.1, 0.15) is 5.75 Å². The molecule has 2 aromatic carbocycles. The van der Waals surface area contributed by atoms with Crippen LogP contribution in [0.4, 0.5) is 5.69 Å². The summed E-state index contributed by atoms with van der Waals surface area (Å²) in [6.07, 6.45) is 3.33. The Morgan fingerprint density at radius 2 is 1.71 bits per heavy atom. The third kappa shape index (κ3) is 4.03. The molecule has 2 atom stereocenters. The van der Waals surface area contributed by atoms with Crippen molar-refractivity contribution in [3.8, 4) is 17.2 Å². The Morgan fingerprint density at radius 3 is 2.35 bits per heavy atom. The maximum atomic E-state index is 13.9. The van der Waals surface area contributed by atoms with Gasteiger partial charge in [-0.1, -0.05) is 12.1 Å². The highest BCUT2D eigenvalue weighted by Gasteiger charge is 2.44. The molecule has 1 N–H and O–H groups in total. The summed E-state index contributed by atoms with van der Waals surface area (Å²) in [5, 5.41) is 3.02. The average molecular weight is 462 g/mol. The highest BCUT2D eigenvalue weighted by atomic mass is 16.5. The highest BCUT2D eigenvalue weighted by molar-refractivity contribution is 6.05. The van der Waals surface area contributed by atoms with Crippen molar-refractivity contribution in [1.82, 2.24) is 9.88 Å². The Kier molecular flexibility index (Phi) is 6.40. The van der Waals surface area contributed by atoms with Crippen LogP contribution < -0.4 is 19.5 Å². The lowest BCUT2D eigenvalue weighted by molar-refractivity contribution is -0.119. The molecule has 0 spiro atoms. The molecule has 8 heteroatoms. The van der Waals surface area contributed by atoms with E-state index in [1.807, 2.05) is 31.2 Å². The molecule has 1 aliphatic rings. The van der Waals surface area contributed by atoms with Gasteiger partial charge in [-0.15, -0.1) is 0 Å². The third-order valence-corrected chi connectivity index (χ3v) is 6.10. The third-order valence-electron chi connectivity index (χ3n) is 6.10. The number of methoxy groups -OCH3 is 3. The Labute approximate surface area is 198 Å². The molecule has 0 fully saturated rings. The Bertz CT molecular complexity index is 1230. The topological polar surface area (TPSA) is 90.0 Å². The number of hydrogen-bond donors (Lipinski definition) is 1. The Balaban J connectivity index is 1.89. The molecular weight excluding hydrogens is 434 g/mol. The quantitative estimate of drug-likeness (QED) is 0.598. The lowest BCUT2D eigenvalue weighted by Crippen LogP contribution is -2.44. The van der Waals surface area contributed by atoms with E-state index in [9.17, 15) is 9.59 Å². The van der Waals surface area contributed by atoms with Gasteiger partial charge >= 0.3 is 0 Å². The fraction of sp³-hybridized carbons (Fsp3) is 0.269. The molecule has 0 saturated carbocycles. The van der Waals surface area contributed by atoms with Crippen LogP contribution in [-0.4, -0.2) is 50.1 Å². The summed E-state index contributed by atoms with van der Waals surface area (Å²) in [7, 11) is 6.27. The van der Waals surface area contributed by atoms with Gasteiger partial charge in [0.2, 0.25) is 5.91 Å². The number of aryl methyl sites for hydroxylation is 1. The van der Waals surface area contributed by atoms with E-state index < -0.39 is 12.0 Å². The summed E-state index contributed by atoms with van der Waals surface area (Å²) in [5.41, 5.74) is 3.21. The lowest BCUT2D eigenvalue weighted by atomic mass is 9.79. The molecule has 1 aliphatic heterocycles. The molecule has 4 rings (SSSR count). The zero-order valence-electron chi connectivity index (χ0n) is 19.8. The van der Waals surface area contributed by atoms with Gasteiger partial charge in [-0.3, -0.25) is 14.6 Å². The van der Waals surface area contributed by atoms with Gasteiger partial charge in [0.15, 0.2) is 11.5 Å². The fourth-order valence-corrected chi connectivity index (χ4v) is 4.43. The van der Waals surface area contributed by atoms with Gasteiger partial charge in [-0.05, 0) is 53.9 Å². The molecule has 0 bridgehead atoms. The maximum absolute atomic E-state index is 13.9. The van der Waals surface area contributed by atoms with Crippen LogP contribution >= 0.6 is 0 Å². The van der Waals surface area contributed by atoms with Crippen molar-refractivity contribution in [2.24, 2.45) is 0 Å². The number of anilines is 1. The van der Waals surface area contributed by atoms with Crippen LogP contribution in [0.3, 0.4) is 0 Å². The SMILES string of the molecule is COc1ccc(C)cc1NC(=O)[C@H]1c2cc(OC)c(OC)cc2C(=O)N(C)[C@H]1c1cccnc1. The predicted octanol–water partition coefficient (Wildman–Crippen LogP) is 3.97. The lowest BCUT2D eigenvalue weighted by Gasteiger charge is -2.40. The van der Waals surface area contributed by atoms with E-state index >= 15 is 0 Å². The average Bonchev–Trinajstić information content (AvgIpc) is 2.85. The molecule has 8 nitrogen and oxygen atoms in total. The number of rotatable bonds is 6. The number of fused-ring (bicyclic) bond motifs is 1. The molecule has 1 aromatic heterocycles. The van der Waals surface area contributed by atoms with Crippen molar-refractivity contribution in [3.63, 3.8) is 0 Å². The van der Waals surface area contributed by atoms with Crippen LogP contribution in [0, 0.1) is 6.92 Å². The first-order valence-electron chi connectivity index (χ1n) is 10.8. The summed E-state index contributed by atoms with van der Waals surface area (Å²) in [5.74, 6) is 0.154. The van der Waals surface area contributed by atoms with Crippen molar-refractivity contribution in [2.45, 2.75) is 18.9 Å². The molecule has 0 radical (unpaired) electrons. The number of carbonyl (C=O) groups excluding carboxylic acids is 2. The number of likely N-dealkylation sites (N-methyl/N-ethyl adjacent to an activating group) is 1. The van der Waals surface area contributed by atoms with E-state index in [0.29, 0.717) is 34.1 Å². The van der Waals surface area contributed by atoms with Crippen LogP contribution in [-0.2, 0) is 4.79 Å². The van der Waals surface area contributed by atoms with E-state index in [2.05, 4.69) is 10.3 Å². The highest BCUT2D eigenvalue weighted by Crippen LogP contribution is 2.46. The maximum Gasteiger partial charge on any atom is 0.254 e. The van der Waals surface area contributed by atoms with Gasteiger partial charge in [-0.2, -0.15) is 0 Å². The molecule has 176 valence electrons. The van der Waals surface area contributed by atoms with Gasteiger partial charge in [0, 0.05) is 25.0 Å². The minimum absolute atomic E-state index is 0.220. The predicted molar refractivity (Wildman–Crippen MR) is 128 cm³/mol. The van der Waals surface area contributed by atoms with Crippen molar-refractivity contribution in [2.75, 3.05) is 33.7 Å². The largest absolute Gasteiger partial charge is 0.495 e. The summed E-state index contributed by atoms with van der Waals surface area (Å²) in [6, 6.07) is 12.0. The summed E-state index contributed by atoms with van der Waals surface area (Å²) >= 11 is 0. The number of nitrogens with one attached hydrogen (secondary N) is 1. The smallest absolute Gasteiger partial charge is 0.254 e. The molecule has 34 heavy (non-hydrogen) atoms. The van der Waals surface area contributed by atoms with Gasteiger partial charge < -0.3 is 24.4 Å². The minimum atomic E-state index is -0.744. The number of nitrogens with zero attached hydrogens (tertiary/aromatic N) is 2. The molecule has 0 unspecified atom stereocenters. The van der Waals surface area contributed by atoms with E-state index in [4.69, 9.17) is 14.2 Å². The molecular formula is C26H27N3O5. The van der Waals surface area contributed by atoms with Gasteiger partial charge in [0.05, 0.1) is 39.0 Å². The normalized spacial score (nSPS) is 17.1. The number of ether oxygens (including phenoxy) is 3. The van der Waals surface area contributed by atoms with E-state index in [1.54, 1.807) is 49.7 Å². The van der Waals surface area contributed by atoms with Crippen molar-refractivity contribution in [1.29, 1.82) is 0 Å². The van der Waals surface area contributed by atoms with E-state index in [0.717, 1.165) is 11.1 Å². The van der Waals surface area contributed by atoms with Crippen molar-refractivity contribution < 1.29 is 23.8 Å². The Hall–Kier alpha value is -4.07. The monoisotopic (exact) mass is 461 g/mol. The first kappa shape index (κ1) is 23.1. The van der Waals surface area contributed by atoms with Gasteiger partial charge in [-0.25, -0.2) is 0 Å². The molecule has 0 saturated heterocycles. The number of amides is 2. The zero-order chi connectivity index (χ0) is 24.4. The fourth-order valence-electron chi connectivity index (χ4n) is 4.43. The second-order valence-electron chi connectivity index (χ2n) is 8.11. The molecule has 2 amide bonds. The molecule has 2 heterocycles. The first-order valence-corrected chi connectivity index (χ1v) is 10.8. The number of benzene rings is 2. The van der Waals surface area contributed by atoms with Crippen LogP contribution in [0.1, 0.15) is 39.0 Å². The number of hydrogen-bond acceptors (Lipinski definition) is 6. The molecule has 3 aromatic rings. The van der Waals surface area contributed by atoms with Crippen LogP contribution in [0.5, 0.6) is 17.2 Å². The number of pyridine rings is 1.